The van der Waals surface area contributed by atoms with Crippen molar-refractivity contribution in [1.82, 2.24) is 19.9 Å². The molecular formula is C34H36N4O4. The van der Waals surface area contributed by atoms with Gasteiger partial charge in [-0.25, -0.2) is 14.8 Å². The molecule has 0 saturated heterocycles. The highest BCUT2D eigenvalue weighted by atomic mass is 16.5. The molecular weight excluding hydrogens is 528 g/mol. The number of aromatic amines is 2. The van der Waals surface area contributed by atoms with Gasteiger partial charge in [0.1, 0.15) is 0 Å². The Balaban J connectivity index is 1.95. The molecule has 3 aromatic rings. The lowest BCUT2D eigenvalue weighted by molar-refractivity contribution is -0.140. The molecule has 0 aromatic carbocycles. The first kappa shape index (κ1) is 28.8. The number of ether oxygens (including phenoxy) is 2. The minimum absolute atomic E-state index is 0.206. The Kier molecular flexibility index (Phi) is 7.73. The molecule has 5 rings (SSSR count). The van der Waals surface area contributed by atoms with Crippen molar-refractivity contribution in [2.24, 2.45) is 0 Å². The molecule has 0 saturated carbocycles. The number of carbonyl (C=O) groups is 2. The van der Waals surface area contributed by atoms with E-state index in [1.807, 2.05) is 45.0 Å². The molecule has 0 unspecified atom stereocenters. The van der Waals surface area contributed by atoms with Gasteiger partial charge in [-0.1, -0.05) is 19.6 Å². The van der Waals surface area contributed by atoms with Crippen molar-refractivity contribution >= 4 is 56.3 Å². The molecule has 42 heavy (non-hydrogen) atoms. The predicted octanol–water partition coefficient (Wildman–Crippen LogP) is 7.28. The van der Waals surface area contributed by atoms with Crippen LogP contribution in [0.3, 0.4) is 0 Å². The maximum absolute atomic E-state index is 13.0. The van der Waals surface area contributed by atoms with Gasteiger partial charge >= 0.3 is 11.9 Å². The van der Waals surface area contributed by atoms with E-state index >= 15 is 0 Å². The topological polar surface area (TPSA) is 110 Å². The number of allylic oxidation sites excluding steroid dienone is 5. The van der Waals surface area contributed by atoms with Crippen molar-refractivity contribution in [1.29, 1.82) is 0 Å². The Morgan fingerprint density at radius 3 is 2.12 bits per heavy atom. The fourth-order valence-corrected chi connectivity index (χ4v) is 5.85. The second-order valence-corrected chi connectivity index (χ2v) is 10.6. The molecule has 0 aliphatic carbocycles. The van der Waals surface area contributed by atoms with Gasteiger partial charge in [0.15, 0.2) is 0 Å². The summed E-state index contributed by atoms with van der Waals surface area (Å²) in [5.41, 5.74) is 13.7. The van der Waals surface area contributed by atoms with Crippen molar-refractivity contribution in [2.75, 3.05) is 14.2 Å². The Hall–Kier alpha value is -4.72. The minimum Gasteiger partial charge on any atom is -0.469 e. The van der Waals surface area contributed by atoms with Crippen molar-refractivity contribution in [3.8, 4) is 0 Å². The average molecular weight is 565 g/mol. The molecule has 2 aliphatic rings. The van der Waals surface area contributed by atoms with Crippen LogP contribution in [0, 0.1) is 13.8 Å². The summed E-state index contributed by atoms with van der Waals surface area (Å²) in [6.07, 6.45) is 3.31. The highest BCUT2D eigenvalue weighted by molar-refractivity contribution is 6.03. The van der Waals surface area contributed by atoms with Gasteiger partial charge in [-0.3, -0.25) is 4.79 Å². The van der Waals surface area contributed by atoms with Gasteiger partial charge in [0.25, 0.3) is 0 Å². The van der Waals surface area contributed by atoms with Crippen LogP contribution >= 0.6 is 0 Å². The van der Waals surface area contributed by atoms with E-state index in [1.54, 1.807) is 0 Å². The Morgan fingerprint density at radius 2 is 1.45 bits per heavy atom. The standard InChI is InChI=1S/C34H36N4O4/c1-9-21-17(3)24-13-25-19(5)23(11-12-32(39)41-7)30(37-25)16-31-33(34(40)42-8)20(6)27(38-31)15-29-22(10-2)18(4)26(36-29)14-28(21)35-24/h9,13-16,36,38H,1,10-12H2,2-8H3. The number of nitrogens with one attached hydrogen (secondary N) is 2. The van der Waals surface area contributed by atoms with E-state index in [0.29, 0.717) is 23.2 Å². The normalized spacial score (nSPS) is 13.0. The van der Waals surface area contributed by atoms with Gasteiger partial charge in [-0.2, -0.15) is 0 Å². The van der Waals surface area contributed by atoms with Gasteiger partial charge in [0.2, 0.25) is 0 Å². The molecule has 8 heteroatoms. The molecule has 0 radical (unpaired) electrons. The number of rotatable bonds is 6. The minimum atomic E-state index is -0.438. The van der Waals surface area contributed by atoms with Crippen LogP contribution in [-0.4, -0.2) is 46.1 Å². The largest absolute Gasteiger partial charge is 0.469 e. The monoisotopic (exact) mass is 564 g/mol. The molecule has 0 fully saturated rings. The Labute approximate surface area is 245 Å². The van der Waals surface area contributed by atoms with Gasteiger partial charge in [-0.15, -0.1) is 0 Å². The highest BCUT2D eigenvalue weighted by Crippen LogP contribution is 2.37. The zero-order chi connectivity index (χ0) is 30.3. The second kappa shape index (κ2) is 11.3. The molecule has 8 bridgehead atoms. The number of aromatic nitrogens is 4. The van der Waals surface area contributed by atoms with Gasteiger partial charge < -0.3 is 19.4 Å². The quantitative estimate of drug-likeness (QED) is 0.305. The van der Waals surface area contributed by atoms with E-state index in [4.69, 9.17) is 19.4 Å². The summed E-state index contributed by atoms with van der Waals surface area (Å²) in [5, 5.41) is 0. The number of nitrogens with zero attached hydrogens (tertiary/aromatic N) is 2. The molecule has 3 aromatic heterocycles. The zero-order valence-electron chi connectivity index (χ0n) is 25.2. The van der Waals surface area contributed by atoms with E-state index in [-0.39, 0.29) is 12.4 Å². The first-order valence-corrected chi connectivity index (χ1v) is 14.1. The van der Waals surface area contributed by atoms with Crippen LogP contribution in [0.25, 0.3) is 44.4 Å². The van der Waals surface area contributed by atoms with Gasteiger partial charge in [0.05, 0.1) is 48.1 Å². The molecule has 0 spiro atoms. The first-order chi connectivity index (χ1) is 20.1. The summed E-state index contributed by atoms with van der Waals surface area (Å²) >= 11 is 0. The van der Waals surface area contributed by atoms with Crippen LogP contribution in [-0.2, 0) is 20.7 Å². The molecule has 2 aliphatic heterocycles. The summed E-state index contributed by atoms with van der Waals surface area (Å²) in [7, 11) is 2.76. The second-order valence-electron chi connectivity index (χ2n) is 10.6. The summed E-state index contributed by atoms with van der Waals surface area (Å²) in [6.45, 7) is 14.2. The van der Waals surface area contributed by atoms with E-state index in [9.17, 15) is 9.59 Å². The number of H-pyrrole nitrogens is 2. The zero-order valence-corrected chi connectivity index (χ0v) is 25.2. The van der Waals surface area contributed by atoms with E-state index in [1.165, 1.54) is 19.8 Å². The number of aryl methyl sites for hydroxylation is 3. The number of hydrogen-bond donors (Lipinski definition) is 2. The number of hydrogen-bond acceptors (Lipinski definition) is 6. The summed E-state index contributed by atoms with van der Waals surface area (Å²) < 4.78 is 10.1. The van der Waals surface area contributed by atoms with Crippen LogP contribution in [0.5, 0.6) is 0 Å². The van der Waals surface area contributed by atoms with Crippen LogP contribution in [0.4, 0.5) is 0 Å². The maximum atomic E-state index is 13.0. The summed E-state index contributed by atoms with van der Waals surface area (Å²) in [4.78, 5) is 42.2. The van der Waals surface area contributed by atoms with E-state index in [2.05, 4.69) is 36.5 Å². The number of fused-ring (bicyclic) bond motifs is 8. The van der Waals surface area contributed by atoms with Gasteiger partial charge in [0, 0.05) is 28.5 Å². The molecule has 2 N–H and O–H groups in total. The Morgan fingerprint density at radius 1 is 0.810 bits per heavy atom. The number of carbonyl (C=O) groups excluding carboxylic acids is 2. The Bertz CT molecular complexity index is 1880. The first-order valence-electron chi connectivity index (χ1n) is 14.1. The molecule has 0 amide bonds. The fraction of sp³-hybridized carbons (Fsp3) is 0.294. The third kappa shape index (κ3) is 4.87. The molecule has 0 atom stereocenters. The third-order valence-electron chi connectivity index (χ3n) is 8.34. The maximum Gasteiger partial charge on any atom is 0.340 e. The molecule has 5 heterocycles. The lowest BCUT2D eigenvalue weighted by atomic mass is 10.0. The van der Waals surface area contributed by atoms with Crippen molar-refractivity contribution in [3.63, 3.8) is 0 Å². The third-order valence-corrected chi connectivity index (χ3v) is 8.34. The number of methoxy groups -OCH3 is 2. The summed E-state index contributed by atoms with van der Waals surface area (Å²) in [6, 6.07) is 7.95. The van der Waals surface area contributed by atoms with Crippen molar-refractivity contribution in [2.45, 2.75) is 53.9 Å². The highest BCUT2D eigenvalue weighted by Gasteiger charge is 2.23. The van der Waals surface area contributed by atoms with Crippen LogP contribution in [0.15, 0.2) is 36.9 Å². The lowest BCUT2D eigenvalue weighted by Gasteiger charge is -2.04. The number of esters is 2. The van der Waals surface area contributed by atoms with Crippen LogP contribution in [0.1, 0.15) is 83.4 Å². The summed E-state index contributed by atoms with van der Waals surface area (Å²) in [5.74, 6) is -0.739. The fourth-order valence-electron chi connectivity index (χ4n) is 5.85. The molecule has 8 nitrogen and oxygen atoms in total. The van der Waals surface area contributed by atoms with Gasteiger partial charge in [-0.05, 0) is 98.2 Å². The van der Waals surface area contributed by atoms with Crippen LogP contribution in [0.2, 0.25) is 0 Å². The predicted molar refractivity (Wildman–Crippen MR) is 168 cm³/mol. The van der Waals surface area contributed by atoms with Crippen molar-refractivity contribution < 1.29 is 19.1 Å². The van der Waals surface area contributed by atoms with Crippen molar-refractivity contribution in [3.05, 3.63) is 81.9 Å². The molecule has 216 valence electrons. The average Bonchev–Trinajstić information content (AvgIpc) is 3.64. The lowest BCUT2D eigenvalue weighted by Crippen LogP contribution is -2.02. The van der Waals surface area contributed by atoms with E-state index in [0.717, 1.165) is 73.5 Å². The van der Waals surface area contributed by atoms with Crippen LogP contribution < -0.4 is 0 Å². The smallest absolute Gasteiger partial charge is 0.340 e. The van der Waals surface area contributed by atoms with E-state index < -0.39 is 5.97 Å². The SMILES string of the molecule is C=CC1=C(C)c2cc3nc(cc4[nH]c(cc5[nH]c(cc1n2)c(C)c5CC)c(C)c4C(=O)OC)C(CCC(=O)OC)=C3C.